The van der Waals surface area contributed by atoms with Crippen LogP contribution in [0.3, 0.4) is 0 Å². The first kappa shape index (κ1) is 24.6. The Morgan fingerprint density at radius 1 is 1.14 bits per heavy atom. The smallest absolute Gasteiger partial charge is 0.228 e. The van der Waals surface area contributed by atoms with E-state index in [1.54, 1.807) is 0 Å². The predicted molar refractivity (Wildman–Crippen MR) is 137 cm³/mol. The molecule has 1 aromatic heterocycles. The number of aryl methyl sites for hydroxylation is 1. The molecule has 1 aromatic carbocycles. The number of likely N-dealkylation sites (tertiary alicyclic amines) is 1. The van der Waals surface area contributed by atoms with Crippen LogP contribution in [0.15, 0.2) is 24.4 Å². The zero-order valence-electron chi connectivity index (χ0n) is 21.5. The molecule has 3 aliphatic rings. The van der Waals surface area contributed by atoms with Crippen molar-refractivity contribution in [1.82, 2.24) is 9.88 Å². The highest BCUT2D eigenvalue weighted by Crippen LogP contribution is 2.37. The number of piperidine rings is 1. The fourth-order valence-electron chi connectivity index (χ4n) is 6.17. The fourth-order valence-corrected chi connectivity index (χ4v) is 6.17. The number of rotatable bonds is 4. The van der Waals surface area contributed by atoms with Gasteiger partial charge in [-0.25, -0.2) is 4.98 Å². The van der Waals surface area contributed by atoms with E-state index in [2.05, 4.69) is 41.2 Å². The Balaban J connectivity index is 1.29. The minimum absolute atomic E-state index is 0.0273. The van der Waals surface area contributed by atoms with Gasteiger partial charge in [-0.3, -0.25) is 9.69 Å². The van der Waals surface area contributed by atoms with Crippen LogP contribution < -0.4 is 5.32 Å². The van der Waals surface area contributed by atoms with Gasteiger partial charge in [-0.1, -0.05) is 6.07 Å². The van der Waals surface area contributed by atoms with Crippen LogP contribution in [0.25, 0.3) is 10.8 Å². The summed E-state index contributed by atoms with van der Waals surface area (Å²) in [7, 11) is 0. The van der Waals surface area contributed by atoms with Crippen molar-refractivity contribution in [1.29, 1.82) is 0 Å². The van der Waals surface area contributed by atoms with Crippen LogP contribution in [0.4, 0.5) is 5.82 Å². The molecule has 3 fully saturated rings. The van der Waals surface area contributed by atoms with E-state index in [4.69, 9.17) is 9.47 Å². The van der Waals surface area contributed by atoms with Crippen molar-refractivity contribution >= 4 is 22.5 Å². The highest BCUT2D eigenvalue weighted by Gasteiger charge is 2.45. The molecule has 4 heterocycles. The lowest BCUT2D eigenvalue weighted by molar-refractivity contribution is -0.130. The van der Waals surface area contributed by atoms with Gasteiger partial charge in [-0.2, -0.15) is 0 Å². The molecule has 0 saturated carbocycles. The van der Waals surface area contributed by atoms with Crippen LogP contribution in [0.2, 0.25) is 0 Å². The fraction of sp³-hybridized carbons (Fsp3) is 0.643. The van der Waals surface area contributed by atoms with Gasteiger partial charge in [0.15, 0.2) is 0 Å². The number of pyridine rings is 1. The quantitative estimate of drug-likeness (QED) is 0.686. The maximum absolute atomic E-state index is 12.9. The third-order valence-electron chi connectivity index (χ3n) is 8.47. The van der Waals surface area contributed by atoms with Crippen LogP contribution in [-0.4, -0.2) is 71.1 Å². The largest absolute Gasteiger partial charge is 0.389 e. The van der Waals surface area contributed by atoms with E-state index in [9.17, 15) is 9.90 Å². The molecule has 2 aromatic rings. The van der Waals surface area contributed by atoms with Gasteiger partial charge in [-0.15, -0.1) is 0 Å². The predicted octanol–water partition coefficient (Wildman–Crippen LogP) is 4.02. The summed E-state index contributed by atoms with van der Waals surface area (Å²) in [6, 6.07) is 6.50. The summed E-state index contributed by atoms with van der Waals surface area (Å²) in [5.74, 6) is 1.06. The number of carbonyl (C=O) groups excluding carboxylic acids is 1. The second-order valence-electron chi connectivity index (χ2n) is 11.6. The molecule has 0 radical (unpaired) electrons. The standard InChI is InChI=1S/C28H39N3O4/c1-18-11-22-15-29-25(30-26(33)20-7-10-35-27(2,3)14-20)13-21(22)12-23(18)19-5-8-31(9-6-19)28(4)17-34-16-24(28)32/h11-13,15,19-20,24,32H,5-10,14,16-17H2,1-4H3,(H,29,30,33)/t20-,24-,28+/m0/s1. The minimum Gasteiger partial charge on any atom is -0.389 e. The average Bonchev–Trinajstić information content (AvgIpc) is 3.17. The topological polar surface area (TPSA) is 83.9 Å². The van der Waals surface area contributed by atoms with Gasteiger partial charge in [-0.05, 0) is 101 Å². The molecular weight excluding hydrogens is 442 g/mol. The van der Waals surface area contributed by atoms with E-state index < -0.39 is 6.10 Å². The third kappa shape index (κ3) is 4.96. The Hall–Kier alpha value is -2.06. The van der Waals surface area contributed by atoms with Gasteiger partial charge >= 0.3 is 0 Å². The maximum atomic E-state index is 12.9. The van der Waals surface area contributed by atoms with Crippen molar-refractivity contribution in [2.75, 3.05) is 38.2 Å². The highest BCUT2D eigenvalue weighted by molar-refractivity contribution is 5.94. The van der Waals surface area contributed by atoms with E-state index >= 15 is 0 Å². The lowest BCUT2D eigenvalue weighted by atomic mass is 9.83. The molecule has 3 aliphatic heterocycles. The molecule has 7 heteroatoms. The van der Waals surface area contributed by atoms with Crippen molar-refractivity contribution in [2.45, 2.75) is 76.5 Å². The second kappa shape index (κ2) is 9.43. The van der Waals surface area contributed by atoms with E-state index in [0.29, 0.717) is 31.6 Å². The molecule has 190 valence electrons. The third-order valence-corrected chi connectivity index (χ3v) is 8.47. The number of carbonyl (C=O) groups is 1. The molecule has 35 heavy (non-hydrogen) atoms. The van der Waals surface area contributed by atoms with Crippen molar-refractivity contribution in [3.8, 4) is 0 Å². The first-order chi connectivity index (χ1) is 16.6. The number of amides is 1. The lowest BCUT2D eigenvalue weighted by Crippen LogP contribution is -2.56. The Bertz CT molecular complexity index is 1100. The molecule has 0 unspecified atom stereocenters. The molecule has 1 amide bonds. The van der Waals surface area contributed by atoms with Crippen LogP contribution in [-0.2, 0) is 14.3 Å². The molecule has 7 nitrogen and oxygen atoms in total. The lowest BCUT2D eigenvalue weighted by Gasteiger charge is -2.44. The van der Waals surface area contributed by atoms with E-state index in [0.717, 1.165) is 49.5 Å². The zero-order chi connectivity index (χ0) is 24.8. The number of hydrogen-bond acceptors (Lipinski definition) is 6. The molecule has 0 bridgehead atoms. The normalized spacial score (nSPS) is 30.0. The minimum atomic E-state index is -0.421. The summed E-state index contributed by atoms with van der Waals surface area (Å²) < 4.78 is 11.3. The highest BCUT2D eigenvalue weighted by atomic mass is 16.5. The van der Waals surface area contributed by atoms with Crippen molar-refractivity contribution in [3.63, 3.8) is 0 Å². The number of aliphatic hydroxyl groups excluding tert-OH is 1. The van der Waals surface area contributed by atoms with Gasteiger partial charge < -0.3 is 19.9 Å². The van der Waals surface area contributed by atoms with Crippen LogP contribution in [0, 0.1) is 12.8 Å². The molecule has 3 atom stereocenters. The Labute approximate surface area is 208 Å². The first-order valence-corrected chi connectivity index (χ1v) is 13.0. The number of benzene rings is 1. The van der Waals surface area contributed by atoms with Crippen molar-refractivity contribution < 1.29 is 19.4 Å². The molecule has 3 saturated heterocycles. The Morgan fingerprint density at radius 2 is 1.91 bits per heavy atom. The number of nitrogens with zero attached hydrogens (tertiary/aromatic N) is 2. The van der Waals surface area contributed by atoms with Gasteiger partial charge in [0.1, 0.15) is 5.82 Å². The Kier molecular flexibility index (Phi) is 6.64. The number of ether oxygens (including phenoxy) is 2. The molecule has 5 rings (SSSR count). The van der Waals surface area contributed by atoms with E-state index in [-0.39, 0.29) is 23.0 Å². The van der Waals surface area contributed by atoms with Crippen LogP contribution in [0.5, 0.6) is 0 Å². The molecule has 2 N–H and O–H groups in total. The zero-order valence-corrected chi connectivity index (χ0v) is 21.5. The van der Waals surface area contributed by atoms with Crippen molar-refractivity contribution in [2.24, 2.45) is 5.92 Å². The Morgan fingerprint density at radius 3 is 2.60 bits per heavy atom. The van der Waals surface area contributed by atoms with Gasteiger partial charge in [0, 0.05) is 24.1 Å². The number of fused-ring (bicyclic) bond motifs is 1. The average molecular weight is 482 g/mol. The van der Waals surface area contributed by atoms with Gasteiger partial charge in [0.2, 0.25) is 5.91 Å². The maximum Gasteiger partial charge on any atom is 0.228 e. The summed E-state index contributed by atoms with van der Waals surface area (Å²) in [6.07, 6.45) is 5.02. The van der Waals surface area contributed by atoms with E-state index in [1.165, 1.54) is 11.1 Å². The van der Waals surface area contributed by atoms with E-state index in [1.807, 2.05) is 26.1 Å². The number of aliphatic hydroxyl groups is 1. The number of anilines is 1. The number of aromatic nitrogens is 1. The SMILES string of the molecule is Cc1cc2cnc(NC(=O)[C@H]3CCOC(C)(C)C3)cc2cc1C1CCN([C@]2(C)COC[C@@H]2O)CC1. The monoisotopic (exact) mass is 481 g/mol. The second-order valence-corrected chi connectivity index (χ2v) is 11.6. The van der Waals surface area contributed by atoms with Crippen LogP contribution in [0.1, 0.15) is 63.5 Å². The summed E-state index contributed by atoms with van der Waals surface area (Å²) in [5.41, 5.74) is 2.12. The van der Waals surface area contributed by atoms with Gasteiger partial charge in [0.25, 0.3) is 0 Å². The van der Waals surface area contributed by atoms with Crippen LogP contribution >= 0.6 is 0 Å². The summed E-state index contributed by atoms with van der Waals surface area (Å²) >= 11 is 0. The molecule has 0 spiro atoms. The summed E-state index contributed by atoms with van der Waals surface area (Å²) in [4.78, 5) is 19.8. The number of hydrogen-bond donors (Lipinski definition) is 2. The summed E-state index contributed by atoms with van der Waals surface area (Å²) in [6.45, 7) is 11.9. The van der Waals surface area contributed by atoms with Crippen molar-refractivity contribution in [3.05, 3.63) is 35.5 Å². The van der Waals surface area contributed by atoms with Gasteiger partial charge in [0.05, 0.1) is 30.5 Å². The molecular formula is C28H39N3O4. The molecule has 0 aliphatic carbocycles. The summed E-state index contributed by atoms with van der Waals surface area (Å²) in [5, 5.41) is 15.7. The first-order valence-electron chi connectivity index (χ1n) is 13.0. The number of nitrogens with one attached hydrogen (secondary N) is 1.